The maximum atomic E-state index is 15.5. The summed E-state index contributed by atoms with van der Waals surface area (Å²) in [6.07, 6.45) is 1.58. The molecule has 0 radical (unpaired) electrons. The third kappa shape index (κ3) is 6.42. The summed E-state index contributed by atoms with van der Waals surface area (Å²) in [6.45, 7) is 12.6. The molecule has 9 heteroatoms. The summed E-state index contributed by atoms with van der Waals surface area (Å²) in [7, 11) is 0. The van der Waals surface area contributed by atoms with Gasteiger partial charge >= 0.3 is 21.1 Å². The fourth-order valence-electron chi connectivity index (χ4n) is 8.08. The van der Waals surface area contributed by atoms with Crippen molar-refractivity contribution < 1.29 is 38.6 Å². The van der Waals surface area contributed by atoms with Crippen molar-refractivity contribution in [3.05, 3.63) is 155 Å². The number of benzene rings is 4. The van der Waals surface area contributed by atoms with Crippen LogP contribution in [-0.2, 0) is 39.3 Å². The summed E-state index contributed by atoms with van der Waals surface area (Å²) in [5, 5.41) is 0. The summed E-state index contributed by atoms with van der Waals surface area (Å²) in [5.41, 5.74) is 6.08. The van der Waals surface area contributed by atoms with E-state index in [4.69, 9.17) is 9.97 Å². The maximum Gasteiger partial charge on any atom is 2.00 e. The van der Waals surface area contributed by atoms with Crippen molar-refractivity contribution in [1.29, 1.82) is 0 Å². The number of para-hydroxylation sites is 2. The van der Waals surface area contributed by atoms with Gasteiger partial charge in [0.1, 0.15) is 0 Å². The van der Waals surface area contributed by atoms with Gasteiger partial charge in [0.25, 0.3) is 0 Å². The van der Waals surface area contributed by atoms with Gasteiger partial charge in [0.2, 0.25) is 0 Å². The van der Waals surface area contributed by atoms with Crippen molar-refractivity contribution in [2.45, 2.75) is 70.9 Å². The number of pyridine rings is 2. The predicted molar refractivity (Wildman–Crippen MR) is 202 cm³/mol. The zero-order chi connectivity index (χ0) is 37.4. The number of halogens is 4. The van der Waals surface area contributed by atoms with E-state index in [-0.39, 0.29) is 54.7 Å². The Hall–Kier alpha value is -4.81. The van der Waals surface area contributed by atoms with E-state index in [1.807, 2.05) is 62.4 Å². The Morgan fingerprint density at radius 2 is 0.981 bits per heavy atom. The van der Waals surface area contributed by atoms with Crippen molar-refractivity contribution in [1.82, 2.24) is 9.97 Å². The van der Waals surface area contributed by atoms with Crippen molar-refractivity contribution in [3.63, 3.8) is 0 Å². The Morgan fingerprint density at radius 3 is 1.37 bits per heavy atom. The molecular weight excluding hydrogens is 868 g/mol. The monoisotopic (exact) mass is 905 g/mol. The molecule has 0 N–H and O–H groups in total. The van der Waals surface area contributed by atoms with E-state index in [1.165, 1.54) is 11.1 Å². The third-order valence-corrected chi connectivity index (χ3v) is 10.6. The Labute approximate surface area is 328 Å². The fourth-order valence-corrected chi connectivity index (χ4v) is 8.08. The smallest absolute Gasteiger partial charge is 0.336 e. The van der Waals surface area contributed by atoms with Gasteiger partial charge in [0.05, 0.1) is 0 Å². The van der Waals surface area contributed by atoms with Crippen LogP contribution in [0.2, 0.25) is 0 Å². The molecule has 2 aromatic heterocycles. The molecule has 0 unspecified atom stereocenters. The number of anilines is 4. The van der Waals surface area contributed by atoms with Crippen LogP contribution in [0.3, 0.4) is 0 Å². The summed E-state index contributed by atoms with van der Waals surface area (Å²) < 4.78 is 59.3. The van der Waals surface area contributed by atoms with E-state index in [0.717, 1.165) is 59.9 Å². The fraction of sp³-hybridized carbons (Fsp3) is 0.244. The SMILES string of the molecule is CC(C)(c1cc(N2c3ccccc3CC2(C)C)cc(-c2[c-]cc(F)cc2F)n1)c1cc(N2c3ccccc3CC2(C)C)cc(-c2[c-]cc(F)cc2F)n1.[Pt+2]. The first-order chi connectivity index (χ1) is 25.1. The van der Waals surface area contributed by atoms with E-state index in [2.05, 4.69) is 73.9 Å². The minimum atomic E-state index is -0.963. The van der Waals surface area contributed by atoms with Gasteiger partial charge in [-0.1, -0.05) is 71.8 Å². The van der Waals surface area contributed by atoms with Gasteiger partial charge in [-0.15, -0.1) is 24.3 Å². The first-order valence-corrected chi connectivity index (χ1v) is 17.7. The standard InChI is InChI=1S/C45H38F4N4.Pt/c1-43(2)25-27-11-7-9-13-39(27)52(43)31-21-37(33-17-15-29(46)19-35(33)48)50-41(23-31)45(5,6)42-24-32(22-38(51-42)34-18-16-30(47)20-36(34)49)53-40-14-10-8-12-28(40)26-44(53,3)4;/h7-16,19-24H,25-26H2,1-6H3;/q-2;+2. The third-order valence-electron chi connectivity index (χ3n) is 10.6. The molecule has 2 aliphatic heterocycles. The van der Waals surface area contributed by atoms with E-state index in [9.17, 15) is 8.78 Å². The molecule has 4 heterocycles. The second kappa shape index (κ2) is 13.5. The van der Waals surface area contributed by atoms with Gasteiger partial charge < -0.3 is 19.8 Å². The molecule has 0 spiro atoms. The second-order valence-electron chi connectivity index (χ2n) is 15.8. The van der Waals surface area contributed by atoms with Crippen LogP contribution in [0.1, 0.15) is 64.1 Å². The van der Waals surface area contributed by atoms with Crippen LogP contribution in [0, 0.1) is 35.4 Å². The second-order valence-corrected chi connectivity index (χ2v) is 15.8. The van der Waals surface area contributed by atoms with Crippen LogP contribution in [0.15, 0.2) is 97.1 Å². The summed E-state index contributed by atoms with van der Waals surface area (Å²) in [6, 6.07) is 33.4. The molecule has 4 nitrogen and oxygen atoms in total. The van der Waals surface area contributed by atoms with Crippen LogP contribution in [0.4, 0.5) is 40.3 Å². The molecule has 54 heavy (non-hydrogen) atoms. The molecule has 6 aromatic rings. The molecular formula is C45H38F4N4Pt. The van der Waals surface area contributed by atoms with Crippen LogP contribution in [0.5, 0.6) is 0 Å². The average Bonchev–Trinajstić information content (AvgIpc) is 3.54. The van der Waals surface area contributed by atoms with Gasteiger partial charge in [-0.3, -0.25) is 17.6 Å². The molecule has 276 valence electrons. The van der Waals surface area contributed by atoms with Crippen molar-refractivity contribution in [2.24, 2.45) is 0 Å². The van der Waals surface area contributed by atoms with Gasteiger partial charge in [-0.2, -0.15) is 0 Å². The first-order valence-electron chi connectivity index (χ1n) is 17.7. The molecule has 2 aliphatic rings. The molecule has 8 rings (SSSR count). The zero-order valence-corrected chi connectivity index (χ0v) is 33.0. The van der Waals surface area contributed by atoms with Crippen molar-refractivity contribution >= 4 is 22.7 Å². The molecule has 0 atom stereocenters. The predicted octanol–water partition coefficient (Wildman–Crippen LogP) is 11.2. The Bertz CT molecular complexity index is 2260. The van der Waals surface area contributed by atoms with Crippen molar-refractivity contribution in [3.8, 4) is 22.5 Å². The molecule has 4 aromatic carbocycles. The van der Waals surface area contributed by atoms with Gasteiger partial charge in [0.15, 0.2) is 0 Å². The molecule has 0 bridgehead atoms. The molecule has 0 saturated carbocycles. The number of aromatic nitrogens is 2. The minimum Gasteiger partial charge on any atom is -0.336 e. The largest absolute Gasteiger partial charge is 2.00 e. The van der Waals surface area contributed by atoms with Crippen LogP contribution in [-0.4, -0.2) is 21.0 Å². The van der Waals surface area contributed by atoms with Gasteiger partial charge in [0, 0.05) is 73.9 Å². The summed E-state index contributed by atoms with van der Waals surface area (Å²) >= 11 is 0. The number of hydrogen-bond acceptors (Lipinski definition) is 4. The topological polar surface area (TPSA) is 32.3 Å². The average molecular weight is 906 g/mol. The normalized spacial score (nSPS) is 15.5. The Balaban J connectivity index is 0.00000450. The number of fused-ring (bicyclic) bond motifs is 2. The van der Waals surface area contributed by atoms with E-state index in [1.54, 1.807) is 0 Å². The van der Waals surface area contributed by atoms with Crippen LogP contribution in [0.25, 0.3) is 22.5 Å². The first kappa shape index (κ1) is 37.5. The minimum absolute atomic E-state index is 0. The van der Waals surface area contributed by atoms with Gasteiger partial charge in [-0.05, 0) is 101 Å². The Morgan fingerprint density at radius 1 is 0.593 bits per heavy atom. The van der Waals surface area contributed by atoms with E-state index < -0.39 is 28.7 Å². The zero-order valence-electron chi connectivity index (χ0n) is 30.8. The van der Waals surface area contributed by atoms with E-state index >= 15 is 8.78 Å². The summed E-state index contributed by atoms with van der Waals surface area (Å²) in [4.78, 5) is 14.5. The maximum absolute atomic E-state index is 15.5. The Kier molecular flexibility index (Phi) is 9.37. The summed E-state index contributed by atoms with van der Waals surface area (Å²) in [5.74, 6) is -3.03. The number of hydrogen-bond donors (Lipinski definition) is 0. The molecule has 0 aliphatic carbocycles. The number of nitrogens with zero attached hydrogens (tertiary/aromatic N) is 4. The number of rotatable bonds is 6. The van der Waals surface area contributed by atoms with Crippen LogP contribution >= 0.6 is 0 Å². The van der Waals surface area contributed by atoms with Crippen molar-refractivity contribution in [2.75, 3.05) is 9.80 Å². The molecule has 0 amide bonds. The van der Waals surface area contributed by atoms with Crippen LogP contribution < -0.4 is 9.80 Å². The molecule has 0 fully saturated rings. The van der Waals surface area contributed by atoms with E-state index in [0.29, 0.717) is 11.4 Å². The molecule has 0 saturated heterocycles. The quantitative estimate of drug-likeness (QED) is 0.123. The van der Waals surface area contributed by atoms with Gasteiger partial charge in [-0.25, -0.2) is 0 Å².